The molecular weight excluding hydrogens is 198 g/mol. The minimum Gasteiger partial charge on any atom is -0.394 e. The van der Waals surface area contributed by atoms with Gasteiger partial charge in [0, 0.05) is 0 Å². The molecule has 4 nitrogen and oxygen atoms in total. The second kappa shape index (κ2) is 2.76. The van der Waals surface area contributed by atoms with Crippen LogP contribution in [0.1, 0.15) is 0 Å². The van der Waals surface area contributed by atoms with Crippen molar-refractivity contribution in [1.29, 1.82) is 0 Å². The van der Waals surface area contributed by atoms with Gasteiger partial charge < -0.3 is 10.3 Å². The van der Waals surface area contributed by atoms with Crippen LogP contribution in [0, 0.1) is 0 Å². The Morgan fingerprint density at radius 2 is 2.33 bits per heavy atom. The Hall–Kier alpha value is -1.07. The first-order chi connectivity index (χ1) is 5.77. The lowest BCUT2D eigenvalue weighted by atomic mass is 10.4. The van der Waals surface area contributed by atoms with Crippen molar-refractivity contribution in [1.82, 2.24) is 10.1 Å². The minimum absolute atomic E-state index is 0.459. The highest BCUT2D eigenvalue weighted by Crippen LogP contribution is 2.31. The summed E-state index contributed by atoms with van der Waals surface area (Å²) in [7, 11) is 0. The molecule has 2 aromatic heterocycles. The predicted octanol–water partition coefficient (Wildman–Crippen LogP) is 2.03. The maximum atomic E-state index is 5.63. The topological polar surface area (TPSA) is 64.9 Å². The Kier molecular flexibility index (Phi) is 1.74. The quantitative estimate of drug-likeness (QED) is 0.767. The predicted molar refractivity (Wildman–Crippen MR) is 47.0 cm³/mol. The summed E-state index contributed by atoms with van der Waals surface area (Å²) in [6.45, 7) is 0. The first kappa shape index (κ1) is 7.57. The van der Waals surface area contributed by atoms with Gasteiger partial charge in [-0.2, -0.15) is 0 Å². The minimum atomic E-state index is 0.459. The fourth-order valence-corrected chi connectivity index (χ4v) is 1.73. The van der Waals surface area contributed by atoms with E-state index < -0.39 is 0 Å². The molecule has 0 aliphatic carbocycles. The lowest BCUT2D eigenvalue weighted by Crippen LogP contribution is -1.81. The van der Waals surface area contributed by atoms with Gasteiger partial charge in [0.05, 0.1) is 17.3 Å². The SMILES string of the molecule is Nc1cnoc1-c1cnc(Cl)s1. The van der Waals surface area contributed by atoms with Crippen LogP contribution >= 0.6 is 22.9 Å². The van der Waals surface area contributed by atoms with E-state index in [1.807, 2.05) is 0 Å². The van der Waals surface area contributed by atoms with E-state index in [0.717, 1.165) is 4.88 Å². The third-order valence-corrected chi connectivity index (χ3v) is 2.41. The summed E-state index contributed by atoms with van der Waals surface area (Å²) in [5, 5.41) is 3.54. The molecule has 2 heterocycles. The van der Waals surface area contributed by atoms with E-state index in [1.54, 1.807) is 6.20 Å². The molecule has 2 N–H and O–H groups in total. The molecule has 0 aromatic carbocycles. The Balaban J connectivity index is 2.50. The van der Waals surface area contributed by atoms with Crippen LogP contribution in [-0.4, -0.2) is 10.1 Å². The number of rotatable bonds is 1. The maximum absolute atomic E-state index is 5.63. The van der Waals surface area contributed by atoms with Crippen molar-refractivity contribution < 1.29 is 4.52 Å². The number of nitrogens with two attached hydrogens (primary N) is 1. The zero-order valence-corrected chi connectivity index (χ0v) is 7.39. The smallest absolute Gasteiger partial charge is 0.201 e. The molecule has 0 radical (unpaired) electrons. The van der Waals surface area contributed by atoms with Gasteiger partial charge in [0.2, 0.25) is 5.76 Å². The van der Waals surface area contributed by atoms with E-state index in [2.05, 4.69) is 10.1 Å². The van der Waals surface area contributed by atoms with Gasteiger partial charge in [-0.25, -0.2) is 4.98 Å². The Labute approximate surface area is 77.0 Å². The van der Waals surface area contributed by atoms with Crippen LogP contribution in [0.25, 0.3) is 10.6 Å². The second-order valence-electron chi connectivity index (χ2n) is 2.09. The first-order valence-electron chi connectivity index (χ1n) is 3.09. The highest BCUT2D eigenvalue weighted by Gasteiger charge is 2.10. The number of hydrogen-bond acceptors (Lipinski definition) is 5. The number of halogens is 1. The third kappa shape index (κ3) is 1.17. The number of hydrogen-bond donors (Lipinski definition) is 1. The van der Waals surface area contributed by atoms with Gasteiger partial charge in [-0.1, -0.05) is 28.1 Å². The molecule has 0 amide bonds. The van der Waals surface area contributed by atoms with Crippen LogP contribution in [-0.2, 0) is 0 Å². The van der Waals surface area contributed by atoms with E-state index in [-0.39, 0.29) is 0 Å². The van der Waals surface area contributed by atoms with Crippen molar-refractivity contribution in [2.75, 3.05) is 5.73 Å². The lowest BCUT2D eigenvalue weighted by molar-refractivity contribution is 0.433. The molecule has 0 saturated carbocycles. The molecule has 0 unspecified atom stereocenters. The number of nitrogen functional groups attached to an aromatic ring is 1. The van der Waals surface area contributed by atoms with E-state index in [0.29, 0.717) is 15.9 Å². The van der Waals surface area contributed by atoms with Crippen molar-refractivity contribution >= 4 is 28.6 Å². The molecule has 0 fully saturated rings. The van der Waals surface area contributed by atoms with Crippen LogP contribution in [0.5, 0.6) is 0 Å². The zero-order valence-electron chi connectivity index (χ0n) is 5.82. The van der Waals surface area contributed by atoms with Gasteiger partial charge in [-0.05, 0) is 0 Å². The van der Waals surface area contributed by atoms with Gasteiger partial charge in [0.15, 0.2) is 4.47 Å². The average molecular weight is 202 g/mol. The van der Waals surface area contributed by atoms with E-state index >= 15 is 0 Å². The zero-order chi connectivity index (χ0) is 8.55. The number of thiazole rings is 1. The Morgan fingerprint density at radius 3 is 2.83 bits per heavy atom. The standard InChI is InChI=1S/C6H4ClN3OS/c7-6-9-2-4(12-6)5-3(8)1-10-11-5/h1-2H,8H2. The van der Waals surface area contributed by atoms with Crippen molar-refractivity contribution in [2.24, 2.45) is 0 Å². The summed E-state index contributed by atoms with van der Waals surface area (Å²) in [6, 6.07) is 0. The first-order valence-corrected chi connectivity index (χ1v) is 4.28. The number of aromatic nitrogens is 2. The molecule has 0 saturated heterocycles. The normalized spacial score (nSPS) is 10.4. The van der Waals surface area contributed by atoms with E-state index in [9.17, 15) is 0 Å². The lowest BCUT2D eigenvalue weighted by Gasteiger charge is -1.87. The summed E-state index contributed by atoms with van der Waals surface area (Å²) < 4.78 is 5.36. The molecule has 62 valence electrons. The largest absolute Gasteiger partial charge is 0.394 e. The number of nitrogens with zero attached hydrogens (tertiary/aromatic N) is 2. The van der Waals surface area contributed by atoms with Gasteiger partial charge in [-0.15, -0.1) is 0 Å². The molecule has 0 spiro atoms. The van der Waals surface area contributed by atoms with Crippen molar-refractivity contribution in [3.63, 3.8) is 0 Å². The molecule has 0 bridgehead atoms. The summed E-state index contributed by atoms with van der Waals surface area (Å²) in [5.41, 5.74) is 6.06. The monoisotopic (exact) mass is 201 g/mol. The van der Waals surface area contributed by atoms with Crippen molar-refractivity contribution in [3.8, 4) is 10.6 Å². The summed E-state index contributed by atoms with van der Waals surface area (Å²) >= 11 is 6.93. The van der Waals surface area contributed by atoms with Gasteiger partial charge in [0.25, 0.3) is 0 Å². The van der Waals surface area contributed by atoms with Crippen LogP contribution < -0.4 is 5.73 Å². The van der Waals surface area contributed by atoms with Gasteiger partial charge in [0.1, 0.15) is 5.69 Å². The molecule has 12 heavy (non-hydrogen) atoms. The molecule has 2 aromatic rings. The molecular formula is C6H4ClN3OS. The average Bonchev–Trinajstić information content (AvgIpc) is 2.58. The van der Waals surface area contributed by atoms with Crippen LogP contribution in [0.15, 0.2) is 16.9 Å². The second-order valence-corrected chi connectivity index (χ2v) is 3.70. The summed E-state index contributed by atoms with van der Waals surface area (Å²) in [6.07, 6.45) is 3.05. The summed E-state index contributed by atoms with van der Waals surface area (Å²) in [4.78, 5) is 4.64. The van der Waals surface area contributed by atoms with Crippen LogP contribution in [0.3, 0.4) is 0 Å². The highest BCUT2D eigenvalue weighted by molar-refractivity contribution is 7.18. The van der Waals surface area contributed by atoms with Gasteiger partial charge in [-0.3, -0.25) is 0 Å². The molecule has 0 aliphatic rings. The summed E-state index contributed by atoms with van der Waals surface area (Å²) in [5.74, 6) is 0.527. The fourth-order valence-electron chi connectivity index (χ4n) is 0.792. The Bertz CT molecular complexity index is 397. The molecule has 2 rings (SSSR count). The van der Waals surface area contributed by atoms with Gasteiger partial charge >= 0.3 is 0 Å². The van der Waals surface area contributed by atoms with E-state index in [1.165, 1.54) is 17.5 Å². The van der Waals surface area contributed by atoms with Crippen LogP contribution in [0.2, 0.25) is 4.47 Å². The number of anilines is 1. The Morgan fingerprint density at radius 1 is 1.50 bits per heavy atom. The maximum Gasteiger partial charge on any atom is 0.201 e. The van der Waals surface area contributed by atoms with Crippen molar-refractivity contribution in [2.45, 2.75) is 0 Å². The highest BCUT2D eigenvalue weighted by atomic mass is 35.5. The van der Waals surface area contributed by atoms with E-state index in [4.69, 9.17) is 21.9 Å². The fraction of sp³-hybridized carbons (Fsp3) is 0. The molecule has 0 atom stereocenters. The van der Waals surface area contributed by atoms with Crippen molar-refractivity contribution in [3.05, 3.63) is 16.9 Å². The molecule has 0 aliphatic heterocycles. The molecule has 6 heteroatoms. The third-order valence-electron chi connectivity index (χ3n) is 1.30. The van der Waals surface area contributed by atoms with Crippen LogP contribution in [0.4, 0.5) is 5.69 Å².